The third kappa shape index (κ3) is 7.35. The summed E-state index contributed by atoms with van der Waals surface area (Å²) in [6.07, 6.45) is 0.554. The minimum atomic E-state index is -0.500. The molecular weight excluding hydrogens is 396 g/mol. The molecule has 0 bridgehead atoms. The van der Waals surface area contributed by atoms with Crippen molar-refractivity contribution in [2.24, 2.45) is 0 Å². The van der Waals surface area contributed by atoms with E-state index in [9.17, 15) is 9.59 Å². The van der Waals surface area contributed by atoms with Gasteiger partial charge in [-0.3, -0.25) is 9.59 Å². The second kappa shape index (κ2) is 11.6. The minimum Gasteiger partial charge on any atom is -0.490 e. The Kier molecular flexibility index (Phi) is 8.80. The van der Waals surface area contributed by atoms with E-state index in [0.717, 1.165) is 0 Å². The summed E-state index contributed by atoms with van der Waals surface area (Å²) in [5.74, 6) is 0.265. The number of nitrogens with one attached hydrogen (secondary N) is 1. The van der Waals surface area contributed by atoms with Crippen LogP contribution in [0.3, 0.4) is 0 Å². The molecular formula is C21H21ClN2O5. The summed E-state index contributed by atoms with van der Waals surface area (Å²) >= 11 is 5.90. The zero-order valence-electron chi connectivity index (χ0n) is 15.9. The lowest BCUT2D eigenvalue weighted by molar-refractivity contribution is -0.147. The van der Waals surface area contributed by atoms with E-state index in [1.165, 1.54) is 12.1 Å². The summed E-state index contributed by atoms with van der Waals surface area (Å²) in [4.78, 5) is 23.6. The Morgan fingerprint density at radius 3 is 2.52 bits per heavy atom. The summed E-state index contributed by atoms with van der Waals surface area (Å²) in [6.45, 7) is 2.32. The molecule has 29 heavy (non-hydrogen) atoms. The fourth-order valence-corrected chi connectivity index (χ4v) is 2.56. The van der Waals surface area contributed by atoms with Crippen molar-refractivity contribution in [2.75, 3.05) is 25.1 Å². The molecule has 1 amide bonds. The molecule has 0 radical (unpaired) electrons. The van der Waals surface area contributed by atoms with Crippen molar-refractivity contribution in [3.05, 3.63) is 53.1 Å². The number of nitrogens with zero attached hydrogens (tertiary/aromatic N) is 1. The summed E-state index contributed by atoms with van der Waals surface area (Å²) < 4.78 is 16.0. The number of halogens is 1. The Bertz CT molecular complexity index is 895. The smallest absolute Gasteiger partial charge is 0.306 e. The first kappa shape index (κ1) is 22.1. The molecule has 0 heterocycles. The summed E-state index contributed by atoms with van der Waals surface area (Å²) in [5, 5.41) is 11.6. The van der Waals surface area contributed by atoms with Gasteiger partial charge in [0.15, 0.2) is 18.1 Å². The number of rotatable bonds is 10. The topological polar surface area (TPSA) is 97.7 Å². The van der Waals surface area contributed by atoms with Crippen LogP contribution in [0.4, 0.5) is 5.69 Å². The number of esters is 1. The van der Waals surface area contributed by atoms with E-state index in [-0.39, 0.29) is 11.4 Å². The van der Waals surface area contributed by atoms with Crippen LogP contribution in [0.1, 0.15) is 25.3 Å². The van der Waals surface area contributed by atoms with Gasteiger partial charge in [0, 0.05) is 12.1 Å². The van der Waals surface area contributed by atoms with Gasteiger partial charge in [0.05, 0.1) is 23.8 Å². The van der Waals surface area contributed by atoms with Crippen molar-refractivity contribution >= 4 is 29.2 Å². The van der Waals surface area contributed by atoms with Crippen molar-refractivity contribution in [1.29, 1.82) is 5.26 Å². The average molecular weight is 417 g/mol. The number of hydrogen-bond acceptors (Lipinski definition) is 6. The maximum atomic E-state index is 11.9. The van der Waals surface area contributed by atoms with Crippen molar-refractivity contribution in [3.63, 3.8) is 0 Å². The predicted molar refractivity (Wildman–Crippen MR) is 108 cm³/mol. The van der Waals surface area contributed by atoms with E-state index in [4.69, 9.17) is 31.1 Å². The van der Waals surface area contributed by atoms with Crippen LogP contribution in [-0.4, -0.2) is 31.7 Å². The zero-order chi connectivity index (χ0) is 21.1. The van der Waals surface area contributed by atoms with Gasteiger partial charge in [0.2, 0.25) is 0 Å². The number of carbonyl (C=O) groups is 2. The summed E-state index contributed by atoms with van der Waals surface area (Å²) in [6, 6.07) is 13.7. The Morgan fingerprint density at radius 1 is 1.14 bits per heavy atom. The van der Waals surface area contributed by atoms with E-state index >= 15 is 0 Å². The normalized spacial score (nSPS) is 9.97. The molecule has 0 atom stereocenters. The van der Waals surface area contributed by atoms with E-state index in [1.807, 2.05) is 31.2 Å². The van der Waals surface area contributed by atoms with Crippen molar-refractivity contribution in [1.82, 2.24) is 0 Å². The number of anilines is 1. The molecule has 0 unspecified atom stereocenters. The van der Waals surface area contributed by atoms with Crippen LogP contribution in [0.25, 0.3) is 0 Å². The number of hydrogen-bond donors (Lipinski definition) is 1. The third-order valence-electron chi connectivity index (χ3n) is 3.67. The van der Waals surface area contributed by atoms with Crippen LogP contribution in [0, 0.1) is 11.3 Å². The molecule has 0 aliphatic carbocycles. The fraction of sp³-hybridized carbons (Fsp3) is 0.286. The molecule has 7 nitrogen and oxygen atoms in total. The SMILES string of the molecule is CCOc1ccccc1OCCCC(=O)OCC(=O)Nc1ccc(C#N)c(Cl)c1. The van der Waals surface area contributed by atoms with E-state index in [1.54, 1.807) is 12.1 Å². The Balaban J connectivity index is 1.67. The van der Waals surface area contributed by atoms with Gasteiger partial charge in [-0.25, -0.2) is 0 Å². The van der Waals surface area contributed by atoms with E-state index in [2.05, 4.69) is 5.32 Å². The van der Waals surface area contributed by atoms with Gasteiger partial charge in [0.25, 0.3) is 5.91 Å². The molecule has 0 spiro atoms. The predicted octanol–water partition coefficient (Wildman–Crippen LogP) is 3.95. The van der Waals surface area contributed by atoms with E-state index < -0.39 is 18.5 Å². The summed E-state index contributed by atoms with van der Waals surface area (Å²) in [5.41, 5.74) is 0.721. The lowest BCUT2D eigenvalue weighted by atomic mass is 10.2. The Labute approximate surface area is 174 Å². The highest BCUT2D eigenvalue weighted by atomic mass is 35.5. The number of ether oxygens (including phenoxy) is 3. The number of nitriles is 1. The number of benzene rings is 2. The van der Waals surface area contributed by atoms with Gasteiger partial charge in [-0.2, -0.15) is 5.26 Å². The molecule has 8 heteroatoms. The molecule has 2 rings (SSSR count). The number of carbonyl (C=O) groups excluding carboxylic acids is 2. The molecule has 1 N–H and O–H groups in total. The maximum Gasteiger partial charge on any atom is 0.306 e. The molecule has 0 saturated carbocycles. The van der Waals surface area contributed by atoms with Gasteiger partial charge in [0.1, 0.15) is 6.07 Å². The van der Waals surface area contributed by atoms with Crippen molar-refractivity contribution < 1.29 is 23.8 Å². The van der Waals surface area contributed by atoms with E-state index in [0.29, 0.717) is 42.4 Å². The average Bonchev–Trinajstić information content (AvgIpc) is 2.71. The maximum absolute atomic E-state index is 11.9. The standard InChI is InChI=1S/C21H21ClN2O5/c1-2-27-18-6-3-4-7-19(18)28-11-5-8-21(26)29-14-20(25)24-16-10-9-15(13-23)17(22)12-16/h3-4,6-7,9-10,12H,2,5,8,11,14H2,1H3,(H,24,25). The fourth-order valence-electron chi connectivity index (χ4n) is 2.34. The van der Waals surface area contributed by atoms with Gasteiger partial charge in [-0.1, -0.05) is 23.7 Å². The van der Waals surface area contributed by atoms with Crippen molar-refractivity contribution in [3.8, 4) is 17.6 Å². The highest BCUT2D eigenvalue weighted by Crippen LogP contribution is 2.26. The first-order chi connectivity index (χ1) is 14.0. The Hall–Kier alpha value is -3.24. The van der Waals surface area contributed by atoms with Gasteiger partial charge in [-0.15, -0.1) is 0 Å². The van der Waals surface area contributed by atoms with Crippen LogP contribution in [0.2, 0.25) is 5.02 Å². The molecule has 0 fully saturated rings. The first-order valence-corrected chi connectivity index (χ1v) is 9.41. The zero-order valence-corrected chi connectivity index (χ0v) is 16.7. The van der Waals surface area contributed by atoms with Gasteiger partial charge < -0.3 is 19.5 Å². The summed E-state index contributed by atoms with van der Waals surface area (Å²) in [7, 11) is 0. The quantitative estimate of drug-likeness (QED) is 0.465. The van der Waals surface area contributed by atoms with Gasteiger partial charge in [-0.05, 0) is 43.7 Å². The second-order valence-corrected chi connectivity index (χ2v) is 6.25. The second-order valence-electron chi connectivity index (χ2n) is 5.85. The molecule has 2 aromatic rings. The van der Waals surface area contributed by atoms with Crippen LogP contribution in [-0.2, 0) is 14.3 Å². The highest BCUT2D eigenvalue weighted by Gasteiger charge is 2.10. The van der Waals surface area contributed by atoms with Crippen LogP contribution < -0.4 is 14.8 Å². The molecule has 0 saturated heterocycles. The molecule has 0 aromatic heterocycles. The lowest BCUT2D eigenvalue weighted by Crippen LogP contribution is -2.21. The molecule has 2 aromatic carbocycles. The third-order valence-corrected chi connectivity index (χ3v) is 3.98. The van der Waals surface area contributed by atoms with Crippen LogP contribution in [0.15, 0.2) is 42.5 Å². The van der Waals surface area contributed by atoms with Crippen molar-refractivity contribution in [2.45, 2.75) is 19.8 Å². The number of amides is 1. The first-order valence-electron chi connectivity index (χ1n) is 9.03. The van der Waals surface area contributed by atoms with Gasteiger partial charge >= 0.3 is 5.97 Å². The largest absolute Gasteiger partial charge is 0.490 e. The lowest BCUT2D eigenvalue weighted by Gasteiger charge is -2.11. The molecule has 0 aliphatic heterocycles. The molecule has 152 valence electrons. The van der Waals surface area contributed by atoms with Crippen LogP contribution >= 0.6 is 11.6 Å². The molecule has 0 aliphatic rings. The number of para-hydroxylation sites is 2. The monoisotopic (exact) mass is 416 g/mol. The Morgan fingerprint density at radius 2 is 1.86 bits per heavy atom. The minimum absolute atomic E-state index is 0.118. The van der Waals surface area contributed by atoms with Crippen LogP contribution in [0.5, 0.6) is 11.5 Å². The highest BCUT2D eigenvalue weighted by molar-refractivity contribution is 6.32.